The van der Waals surface area contributed by atoms with Gasteiger partial charge < -0.3 is 10.1 Å². The molecule has 0 radical (unpaired) electrons. The lowest BCUT2D eigenvalue weighted by molar-refractivity contribution is 0.402. The average Bonchev–Trinajstić information content (AvgIpc) is 2.57. The number of rotatable bonds is 8. The molecule has 0 aliphatic heterocycles. The second kappa shape index (κ2) is 8.45. The molecule has 0 bridgehead atoms. The first kappa shape index (κ1) is 20.1. The number of methoxy groups -OCH3 is 1. The predicted molar refractivity (Wildman–Crippen MR) is 108 cm³/mol. The van der Waals surface area contributed by atoms with E-state index in [1.807, 2.05) is 26.0 Å². The maximum atomic E-state index is 12.8. The zero-order valence-corrected chi connectivity index (χ0v) is 16.9. The highest BCUT2D eigenvalue weighted by atomic mass is 32.2. The lowest BCUT2D eigenvalue weighted by Gasteiger charge is -2.14. The molecule has 0 atom stereocenters. The Kier molecular flexibility index (Phi) is 6.53. The molecule has 142 valence electrons. The van der Waals surface area contributed by atoms with Crippen LogP contribution in [-0.2, 0) is 10.0 Å². The Balaban J connectivity index is 2.16. The van der Waals surface area contributed by atoms with Crippen LogP contribution in [-0.4, -0.2) is 22.1 Å². The molecule has 0 heterocycles. The number of hydrogen-bond donors (Lipinski definition) is 2. The van der Waals surface area contributed by atoms with E-state index in [0.29, 0.717) is 17.4 Å². The van der Waals surface area contributed by atoms with Crippen LogP contribution in [0.5, 0.6) is 5.75 Å². The lowest BCUT2D eigenvalue weighted by atomic mass is 10.1. The van der Waals surface area contributed by atoms with Crippen LogP contribution in [0.25, 0.3) is 0 Å². The van der Waals surface area contributed by atoms with Crippen LogP contribution in [0.15, 0.2) is 41.3 Å². The van der Waals surface area contributed by atoms with E-state index < -0.39 is 10.0 Å². The van der Waals surface area contributed by atoms with E-state index in [1.165, 1.54) is 7.11 Å². The molecule has 0 aliphatic carbocycles. The number of sulfonamides is 1. The Morgan fingerprint density at radius 2 is 1.58 bits per heavy atom. The third kappa shape index (κ3) is 5.14. The van der Waals surface area contributed by atoms with Crippen molar-refractivity contribution in [1.29, 1.82) is 0 Å². The van der Waals surface area contributed by atoms with Gasteiger partial charge in [-0.2, -0.15) is 0 Å². The van der Waals surface area contributed by atoms with Gasteiger partial charge in [-0.15, -0.1) is 0 Å². The fourth-order valence-corrected chi connectivity index (χ4v) is 3.80. The van der Waals surface area contributed by atoms with E-state index in [2.05, 4.69) is 23.9 Å². The molecular weight excluding hydrogens is 348 g/mol. The number of aryl methyl sites for hydroxylation is 2. The molecule has 0 saturated heterocycles. The third-order valence-corrected chi connectivity index (χ3v) is 5.66. The van der Waals surface area contributed by atoms with Gasteiger partial charge in [-0.05, 0) is 73.7 Å². The summed E-state index contributed by atoms with van der Waals surface area (Å²) in [6.45, 7) is 9.06. The highest BCUT2D eigenvalue weighted by molar-refractivity contribution is 7.92. The minimum Gasteiger partial charge on any atom is -0.495 e. The lowest BCUT2D eigenvalue weighted by Crippen LogP contribution is -2.14. The van der Waals surface area contributed by atoms with Crippen molar-refractivity contribution >= 4 is 21.4 Å². The summed E-state index contributed by atoms with van der Waals surface area (Å²) in [4.78, 5) is 0.141. The van der Waals surface area contributed by atoms with E-state index in [9.17, 15) is 8.42 Å². The second-order valence-corrected chi connectivity index (χ2v) is 8.53. The van der Waals surface area contributed by atoms with Crippen LogP contribution < -0.4 is 14.8 Å². The van der Waals surface area contributed by atoms with Gasteiger partial charge in [0.25, 0.3) is 10.0 Å². The van der Waals surface area contributed by atoms with Gasteiger partial charge in [0.2, 0.25) is 0 Å². The fourth-order valence-electron chi connectivity index (χ4n) is 2.50. The molecule has 26 heavy (non-hydrogen) atoms. The van der Waals surface area contributed by atoms with Crippen LogP contribution in [0.3, 0.4) is 0 Å². The predicted octanol–water partition coefficient (Wildman–Crippen LogP) is 4.57. The Labute approximate surface area is 156 Å². The van der Waals surface area contributed by atoms with E-state index in [0.717, 1.165) is 29.8 Å². The quantitative estimate of drug-likeness (QED) is 0.708. The highest BCUT2D eigenvalue weighted by Gasteiger charge is 2.20. The van der Waals surface area contributed by atoms with E-state index in [1.54, 1.807) is 24.3 Å². The van der Waals surface area contributed by atoms with Gasteiger partial charge in [0.1, 0.15) is 10.6 Å². The van der Waals surface area contributed by atoms with E-state index in [-0.39, 0.29) is 4.90 Å². The summed E-state index contributed by atoms with van der Waals surface area (Å²) in [7, 11) is -2.26. The van der Waals surface area contributed by atoms with Crippen molar-refractivity contribution in [2.45, 2.75) is 39.0 Å². The number of ether oxygens (including phenoxy) is 1. The van der Waals surface area contributed by atoms with Crippen molar-refractivity contribution in [2.75, 3.05) is 23.7 Å². The molecule has 2 rings (SSSR count). The molecule has 2 aromatic rings. The topological polar surface area (TPSA) is 67.4 Å². The summed E-state index contributed by atoms with van der Waals surface area (Å²) < 4.78 is 33.4. The maximum absolute atomic E-state index is 12.8. The Hall–Kier alpha value is -2.21. The summed E-state index contributed by atoms with van der Waals surface area (Å²) in [6.07, 6.45) is 1.08. The first-order chi connectivity index (χ1) is 12.2. The largest absolute Gasteiger partial charge is 0.495 e. The molecule has 0 saturated carbocycles. The van der Waals surface area contributed by atoms with Crippen LogP contribution in [0.4, 0.5) is 11.4 Å². The zero-order valence-electron chi connectivity index (χ0n) is 16.1. The summed E-state index contributed by atoms with van der Waals surface area (Å²) in [5, 5.41) is 3.33. The van der Waals surface area contributed by atoms with Crippen LogP contribution in [0.1, 0.15) is 31.4 Å². The van der Waals surface area contributed by atoms with Crippen molar-refractivity contribution in [1.82, 2.24) is 0 Å². The molecule has 2 aromatic carbocycles. The Morgan fingerprint density at radius 3 is 2.15 bits per heavy atom. The van der Waals surface area contributed by atoms with Crippen LogP contribution >= 0.6 is 0 Å². The molecule has 5 nitrogen and oxygen atoms in total. The first-order valence-corrected chi connectivity index (χ1v) is 10.2. The minimum absolute atomic E-state index is 0.141. The maximum Gasteiger partial charge on any atom is 0.265 e. The van der Waals surface area contributed by atoms with Crippen molar-refractivity contribution in [3.63, 3.8) is 0 Å². The van der Waals surface area contributed by atoms with Crippen molar-refractivity contribution < 1.29 is 13.2 Å². The Morgan fingerprint density at radius 1 is 1.00 bits per heavy atom. The van der Waals surface area contributed by atoms with Crippen molar-refractivity contribution in [3.05, 3.63) is 47.5 Å². The molecular formula is C20H28N2O3S. The molecule has 0 aromatic heterocycles. The highest BCUT2D eigenvalue weighted by Crippen LogP contribution is 2.29. The summed E-state index contributed by atoms with van der Waals surface area (Å²) in [5.41, 5.74) is 3.37. The van der Waals surface area contributed by atoms with Crippen LogP contribution in [0, 0.1) is 19.8 Å². The van der Waals surface area contributed by atoms with Gasteiger partial charge in [0.05, 0.1) is 7.11 Å². The molecule has 0 fully saturated rings. The van der Waals surface area contributed by atoms with Gasteiger partial charge in [-0.3, -0.25) is 4.72 Å². The molecule has 2 N–H and O–H groups in total. The first-order valence-electron chi connectivity index (χ1n) is 8.75. The third-order valence-electron chi connectivity index (χ3n) is 4.26. The van der Waals surface area contributed by atoms with E-state index in [4.69, 9.17) is 4.74 Å². The van der Waals surface area contributed by atoms with Crippen molar-refractivity contribution in [2.24, 2.45) is 5.92 Å². The SMILES string of the molecule is COc1cc(C)c(C)cc1S(=O)(=O)Nc1ccc(NCCC(C)C)cc1. The fraction of sp³-hybridized carbons (Fsp3) is 0.400. The van der Waals surface area contributed by atoms with Crippen LogP contribution in [0.2, 0.25) is 0 Å². The smallest absolute Gasteiger partial charge is 0.265 e. The summed E-state index contributed by atoms with van der Waals surface area (Å²) in [6, 6.07) is 10.6. The number of benzene rings is 2. The molecule has 6 heteroatoms. The standard InChI is InChI=1S/C20H28N2O3S/c1-14(2)10-11-21-17-6-8-18(9-7-17)22-26(23,24)20-13-16(4)15(3)12-19(20)25-5/h6-9,12-14,21-22H,10-11H2,1-5H3. The van der Waals surface area contributed by atoms with Gasteiger partial charge in [-0.1, -0.05) is 13.8 Å². The zero-order chi connectivity index (χ0) is 19.3. The monoisotopic (exact) mass is 376 g/mol. The Bertz CT molecular complexity index is 844. The van der Waals surface area contributed by atoms with E-state index >= 15 is 0 Å². The second-order valence-electron chi connectivity index (χ2n) is 6.88. The van der Waals surface area contributed by atoms with Gasteiger partial charge in [-0.25, -0.2) is 8.42 Å². The molecule has 0 unspecified atom stereocenters. The molecule has 0 spiro atoms. The average molecular weight is 377 g/mol. The minimum atomic E-state index is -3.73. The summed E-state index contributed by atoms with van der Waals surface area (Å²) in [5.74, 6) is 0.981. The van der Waals surface area contributed by atoms with Gasteiger partial charge in [0.15, 0.2) is 0 Å². The normalized spacial score (nSPS) is 11.5. The van der Waals surface area contributed by atoms with Gasteiger partial charge in [0, 0.05) is 17.9 Å². The molecule has 0 amide bonds. The number of anilines is 2. The van der Waals surface area contributed by atoms with Gasteiger partial charge >= 0.3 is 0 Å². The number of hydrogen-bond acceptors (Lipinski definition) is 4. The summed E-state index contributed by atoms with van der Waals surface area (Å²) >= 11 is 0. The number of nitrogens with one attached hydrogen (secondary N) is 2. The molecule has 0 aliphatic rings. The van der Waals surface area contributed by atoms with Crippen molar-refractivity contribution in [3.8, 4) is 5.75 Å².